The van der Waals surface area contributed by atoms with Crippen LogP contribution in [0.4, 0.5) is 4.39 Å². The lowest BCUT2D eigenvalue weighted by Gasteiger charge is -2.25. The summed E-state index contributed by atoms with van der Waals surface area (Å²) in [5.41, 5.74) is 2.10. The molecule has 1 N–H and O–H groups in total. The van der Waals surface area contributed by atoms with Gasteiger partial charge in [-0.05, 0) is 62.3 Å². The average molecular weight is 372 g/mol. The molecule has 1 amide bonds. The summed E-state index contributed by atoms with van der Waals surface area (Å²) in [5.74, 6) is 1.27. The molecule has 1 aliphatic heterocycles. The van der Waals surface area contributed by atoms with Gasteiger partial charge in [0.1, 0.15) is 5.82 Å². The third-order valence-corrected chi connectivity index (χ3v) is 4.68. The Kier molecular flexibility index (Phi) is 6.29. The van der Waals surface area contributed by atoms with E-state index in [0.29, 0.717) is 13.0 Å². The van der Waals surface area contributed by atoms with Crippen molar-refractivity contribution in [2.45, 2.75) is 25.3 Å². The first-order valence-electron chi connectivity index (χ1n) is 9.10. The van der Waals surface area contributed by atoms with Crippen molar-refractivity contribution >= 4 is 5.91 Å². The molecule has 0 saturated heterocycles. The topological polar surface area (TPSA) is 50.8 Å². The highest BCUT2D eigenvalue weighted by Gasteiger charge is 2.20. The normalized spacial score (nSPS) is 13.6. The Hall–Kier alpha value is -2.60. The molecule has 0 aromatic heterocycles. The van der Waals surface area contributed by atoms with Gasteiger partial charge in [-0.2, -0.15) is 0 Å². The number of rotatable bonds is 8. The molecule has 1 atom stereocenters. The number of nitrogens with zero attached hydrogens (tertiary/aromatic N) is 1. The van der Waals surface area contributed by atoms with Crippen LogP contribution in [-0.2, 0) is 11.2 Å². The predicted molar refractivity (Wildman–Crippen MR) is 101 cm³/mol. The molecule has 1 aliphatic rings. The molecular formula is C21H25FN2O3. The molecule has 1 heterocycles. The summed E-state index contributed by atoms with van der Waals surface area (Å²) >= 11 is 0. The van der Waals surface area contributed by atoms with Gasteiger partial charge in [0, 0.05) is 13.0 Å². The van der Waals surface area contributed by atoms with Gasteiger partial charge in [-0.15, -0.1) is 0 Å². The van der Waals surface area contributed by atoms with Gasteiger partial charge >= 0.3 is 0 Å². The number of amides is 1. The molecule has 0 radical (unpaired) electrons. The second-order valence-corrected chi connectivity index (χ2v) is 6.88. The standard InChI is InChI=1S/C21H25FN2O3/c1-24(2)18(16-8-11-19-20(12-16)27-14-26-19)13-23-21(25)5-3-4-15-6-9-17(22)10-7-15/h6-12,18H,3-5,13-14H2,1-2H3,(H,23,25). The van der Waals surface area contributed by atoms with Crippen LogP contribution in [0.2, 0.25) is 0 Å². The highest BCUT2D eigenvalue weighted by Crippen LogP contribution is 2.34. The number of hydrogen-bond donors (Lipinski definition) is 1. The Labute approximate surface area is 159 Å². The van der Waals surface area contributed by atoms with Gasteiger partial charge in [-0.1, -0.05) is 18.2 Å². The zero-order valence-corrected chi connectivity index (χ0v) is 15.7. The van der Waals surface area contributed by atoms with Crippen LogP contribution < -0.4 is 14.8 Å². The Balaban J connectivity index is 1.48. The number of ether oxygens (including phenoxy) is 2. The summed E-state index contributed by atoms with van der Waals surface area (Å²) in [4.78, 5) is 14.3. The van der Waals surface area contributed by atoms with Crippen molar-refractivity contribution in [2.24, 2.45) is 0 Å². The average Bonchev–Trinajstić information content (AvgIpc) is 3.11. The molecule has 1 unspecified atom stereocenters. The number of fused-ring (bicyclic) bond motifs is 1. The fraction of sp³-hybridized carbons (Fsp3) is 0.381. The van der Waals surface area contributed by atoms with Crippen LogP contribution in [0, 0.1) is 5.82 Å². The number of hydrogen-bond acceptors (Lipinski definition) is 4. The summed E-state index contributed by atoms with van der Waals surface area (Å²) < 4.78 is 23.7. The van der Waals surface area contributed by atoms with Gasteiger partial charge in [-0.3, -0.25) is 4.79 Å². The van der Waals surface area contributed by atoms with Crippen molar-refractivity contribution in [1.82, 2.24) is 10.2 Å². The number of benzene rings is 2. The number of halogens is 1. The van der Waals surface area contributed by atoms with Crippen molar-refractivity contribution in [3.8, 4) is 11.5 Å². The lowest BCUT2D eigenvalue weighted by atomic mass is 10.0. The number of likely N-dealkylation sites (N-methyl/N-ethyl adjacent to an activating group) is 1. The molecule has 6 heteroatoms. The first-order chi connectivity index (χ1) is 13.0. The van der Waals surface area contributed by atoms with E-state index in [4.69, 9.17) is 9.47 Å². The van der Waals surface area contributed by atoms with Crippen LogP contribution in [0.5, 0.6) is 11.5 Å². The van der Waals surface area contributed by atoms with Gasteiger partial charge in [0.15, 0.2) is 11.5 Å². The van der Waals surface area contributed by atoms with E-state index >= 15 is 0 Å². The second-order valence-electron chi connectivity index (χ2n) is 6.88. The third kappa shape index (κ3) is 5.20. The van der Waals surface area contributed by atoms with Crippen molar-refractivity contribution < 1.29 is 18.7 Å². The van der Waals surface area contributed by atoms with Crippen LogP contribution >= 0.6 is 0 Å². The maximum absolute atomic E-state index is 12.9. The van der Waals surface area contributed by atoms with Gasteiger partial charge in [-0.25, -0.2) is 4.39 Å². The van der Waals surface area contributed by atoms with E-state index in [0.717, 1.165) is 35.5 Å². The van der Waals surface area contributed by atoms with Crippen LogP contribution in [0.25, 0.3) is 0 Å². The highest BCUT2D eigenvalue weighted by molar-refractivity contribution is 5.75. The molecule has 144 valence electrons. The van der Waals surface area contributed by atoms with E-state index in [-0.39, 0.29) is 24.6 Å². The highest BCUT2D eigenvalue weighted by atomic mass is 19.1. The van der Waals surface area contributed by atoms with Crippen molar-refractivity contribution in [3.05, 3.63) is 59.4 Å². The predicted octanol–water partition coefficient (Wildman–Crippen LogP) is 3.30. The maximum atomic E-state index is 12.9. The van der Waals surface area contributed by atoms with Crippen molar-refractivity contribution in [3.63, 3.8) is 0 Å². The number of carbonyl (C=O) groups excluding carboxylic acids is 1. The molecule has 0 saturated carbocycles. The van der Waals surface area contributed by atoms with Gasteiger partial charge in [0.05, 0.1) is 6.04 Å². The van der Waals surface area contributed by atoms with E-state index < -0.39 is 0 Å². The lowest BCUT2D eigenvalue weighted by molar-refractivity contribution is -0.121. The minimum atomic E-state index is -0.241. The van der Waals surface area contributed by atoms with Crippen LogP contribution in [-0.4, -0.2) is 38.2 Å². The molecule has 2 aromatic rings. The van der Waals surface area contributed by atoms with E-state index in [2.05, 4.69) is 10.2 Å². The largest absolute Gasteiger partial charge is 0.454 e. The molecule has 3 rings (SSSR count). The van der Waals surface area contributed by atoms with E-state index in [1.165, 1.54) is 12.1 Å². The SMILES string of the molecule is CN(C)C(CNC(=O)CCCc1ccc(F)cc1)c1ccc2c(c1)OCO2. The molecule has 0 fully saturated rings. The Morgan fingerprint density at radius 3 is 2.63 bits per heavy atom. The maximum Gasteiger partial charge on any atom is 0.231 e. The first kappa shape index (κ1) is 19.2. The molecule has 0 spiro atoms. The number of nitrogens with one attached hydrogen (secondary N) is 1. The summed E-state index contributed by atoms with van der Waals surface area (Å²) in [7, 11) is 3.96. The van der Waals surface area contributed by atoms with Crippen LogP contribution in [0.3, 0.4) is 0 Å². The Bertz CT molecular complexity index is 777. The second kappa shape index (κ2) is 8.86. The van der Waals surface area contributed by atoms with Crippen LogP contribution in [0.1, 0.15) is 30.0 Å². The van der Waals surface area contributed by atoms with Gasteiger partial charge < -0.3 is 19.7 Å². The number of carbonyl (C=O) groups is 1. The molecule has 0 aliphatic carbocycles. The zero-order chi connectivity index (χ0) is 19.2. The smallest absolute Gasteiger partial charge is 0.231 e. The lowest BCUT2D eigenvalue weighted by Crippen LogP contribution is -2.34. The monoisotopic (exact) mass is 372 g/mol. The fourth-order valence-electron chi connectivity index (χ4n) is 3.12. The van der Waals surface area contributed by atoms with E-state index in [1.54, 1.807) is 12.1 Å². The fourth-order valence-corrected chi connectivity index (χ4v) is 3.12. The quantitative estimate of drug-likeness (QED) is 0.773. The van der Waals surface area contributed by atoms with Crippen molar-refractivity contribution in [1.29, 1.82) is 0 Å². The molecule has 0 bridgehead atoms. The molecule has 2 aromatic carbocycles. The van der Waals surface area contributed by atoms with E-state index in [9.17, 15) is 9.18 Å². The minimum Gasteiger partial charge on any atom is -0.454 e. The first-order valence-corrected chi connectivity index (χ1v) is 9.10. The third-order valence-electron chi connectivity index (χ3n) is 4.68. The van der Waals surface area contributed by atoms with Gasteiger partial charge in [0.2, 0.25) is 12.7 Å². The zero-order valence-electron chi connectivity index (χ0n) is 15.7. The van der Waals surface area contributed by atoms with E-state index in [1.807, 2.05) is 32.3 Å². The molecule has 27 heavy (non-hydrogen) atoms. The number of aryl methyl sites for hydroxylation is 1. The van der Waals surface area contributed by atoms with Crippen molar-refractivity contribution in [2.75, 3.05) is 27.4 Å². The summed E-state index contributed by atoms with van der Waals surface area (Å²) in [6.07, 6.45) is 1.93. The van der Waals surface area contributed by atoms with Crippen LogP contribution in [0.15, 0.2) is 42.5 Å². The minimum absolute atomic E-state index is 0.0182. The van der Waals surface area contributed by atoms with Gasteiger partial charge in [0.25, 0.3) is 0 Å². The molecular weight excluding hydrogens is 347 g/mol. The summed E-state index contributed by atoms with van der Waals surface area (Å²) in [5, 5.41) is 3.01. The summed E-state index contributed by atoms with van der Waals surface area (Å²) in [6.45, 7) is 0.762. The Morgan fingerprint density at radius 1 is 1.15 bits per heavy atom. The molecule has 5 nitrogen and oxygen atoms in total. The Morgan fingerprint density at radius 2 is 1.89 bits per heavy atom. The summed E-state index contributed by atoms with van der Waals surface area (Å²) in [6, 6.07) is 12.3.